The number of unbranched alkanes of at least 4 members (excludes halogenated alkanes) is 2. The summed E-state index contributed by atoms with van der Waals surface area (Å²) in [6.07, 6.45) is 4.54. The van der Waals surface area contributed by atoms with Crippen molar-refractivity contribution in [1.29, 1.82) is 0 Å². The minimum atomic E-state index is -0.442. The molecule has 0 heterocycles. The fourth-order valence-electron chi connectivity index (χ4n) is 2.24. The van der Waals surface area contributed by atoms with Crippen molar-refractivity contribution >= 4 is 0 Å². The maximum Gasteiger partial charge on any atom is 0.119 e. The fraction of sp³-hybridized carbons (Fsp3) is 0.700. The molecule has 0 saturated heterocycles. The molecule has 138 valence electrons. The molecule has 0 unspecified atom stereocenters. The van der Waals surface area contributed by atoms with Crippen LogP contribution in [-0.4, -0.2) is 37.6 Å². The van der Waals surface area contributed by atoms with Crippen LogP contribution in [0.2, 0.25) is 0 Å². The van der Waals surface area contributed by atoms with Crippen molar-refractivity contribution in [2.75, 3.05) is 26.4 Å². The third-order valence-electron chi connectivity index (χ3n) is 3.86. The number of benzene rings is 1. The predicted molar refractivity (Wildman–Crippen MR) is 97.6 cm³/mol. The standard InChI is InChI=1S/C20H34O4/c1-4-7-12-22-15-19(23-13-8-5-2)16-24-18-11-9-10-17(14-18)20(21)6-3/h9-11,14,19-21H,4-8,12-13,15-16H2,1-3H3/t19-,20-/m1/s1. The van der Waals surface area contributed by atoms with Crippen LogP contribution >= 0.6 is 0 Å². The molecule has 0 fully saturated rings. The van der Waals surface area contributed by atoms with Crippen LogP contribution in [0.15, 0.2) is 24.3 Å². The first-order valence-corrected chi connectivity index (χ1v) is 9.31. The van der Waals surface area contributed by atoms with E-state index < -0.39 is 6.10 Å². The summed E-state index contributed by atoms with van der Waals surface area (Å²) < 4.78 is 17.4. The van der Waals surface area contributed by atoms with Crippen LogP contribution in [0.4, 0.5) is 0 Å². The second kappa shape index (κ2) is 13.2. The van der Waals surface area contributed by atoms with Gasteiger partial charge in [-0.05, 0) is 37.0 Å². The number of aliphatic hydroxyl groups is 1. The predicted octanol–water partition coefficient (Wildman–Crippen LogP) is 4.51. The van der Waals surface area contributed by atoms with Crippen molar-refractivity contribution in [3.63, 3.8) is 0 Å². The topological polar surface area (TPSA) is 47.9 Å². The summed E-state index contributed by atoms with van der Waals surface area (Å²) in [5.74, 6) is 0.762. The summed E-state index contributed by atoms with van der Waals surface area (Å²) >= 11 is 0. The highest BCUT2D eigenvalue weighted by molar-refractivity contribution is 5.29. The van der Waals surface area contributed by atoms with Gasteiger partial charge in [-0.2, -0.15) is 0 Å². The Hall–Kier alpha value is -1.10. The highest BCUT2D eigenvalue weighted by Crippen LogP contribution is 2.21. The smallest absolute Gasteiger partial charge is 0.119 e. The summed E-state index contributed by atoms with van der Waals surface area (Å²) in [4.78, 5) is 0. The molecule has 1 aromatic carbocycles. The Bertz CT molecular complexity index is 422. The highest BCUT2D eigenvalue weighted by Gasteiger charge is 2.12. The number of rotatable bonds is 14. The third-order valence-corrected chi connectivity index (χ3v) is 3.86. The summed E-state index contributed by atoms with van der Waals surface area (Å²) in [6, 6.07) is 7.64. The van der Waals surface area contributed by atoms with Gasteiger partial charge in [-0.25, -0.2) is 0 Å². The zero-order chi connectivity index (χ0) is 17.6. The van der Waals surface area contributed by atoms with Gasteiger partial charge in [0.1, 0.15) is 18.5 Å². The molecule has 1 N–H and O–H groups in total. The Morgan fingerprint density at radius 1 is 1.00 bits per heavy atom. The second-order valence-electron chi connectivity index (χ2n) is 6.08. The maximum atomic E-state index is 9.94. The van der Waals surface area contributed by atoms with Crippen LogP contribution in [0, 0.1) is 0 Å². The number of aliphatic hydroxyl groups excluding tert-OH is 1. The largest absolute Gasteiger partial charge is 0.491 e. The summed E-state index contributed by atoms with van der Waals surface area (Å²) in [5, 5.41) is 9.94. The Labute approximate surface area is 147 Å². The number of hydrogen-bond donors (Lipinski definition) is 1. The van der Waals surface area contributed by atoms with Gasteiger partial charge in [0, 0.05) is 13.2 Å². The summed E-state index contributed by atoms with van der Waals surface area (Å²) in [5.41, 5.74) is 0.887. The zero-order valence-electron chi connectivity index (χ0n) is 15.5. The Morgan fingerprint density at radius 3 is 2.46 bits per heavy atom. The molecular formula is C20H34O4. The molecule has 0 aliphatic heterocycles. The van der Waals surface area contributed by atoms with Crippen molar-refractivity contribution < 1.29 is 19.3 Å². The molecular weight excluding hydrogens is 304 g/mol. The van der Waals surface area contributed by atoms with Gasteiger partial charge in [0.05, 0.1) is 12.7 Å². The minimum Gasteiger partial charge on any atom is -0.491 e. The Morgan fingerprint density at radius 2 is 1.75 bits per heavy atom. The SMILES string of the molecule is CCCCOC[C@H](COc1cccc([C@H](O)CC)c1)OCCCC. The quantitative estimate of drug-likeness (QED) is 0.507. The van der Waals surface area contributed by atoms with Crippen molar-refractivity contribution in [2.24, 2.45) is 0 Å². The second-order valence-corrected chi connectivity index (χ2v) is 6.08. The van der Waals surface area contributed by atoms with E-state index in [4.69, 9.17) is 14.2 Å². The molecule has 1 aromatic rings. The van der Waals surface area contributed by atoms with Gasteiger partial charge in [0.15, 0.2) is 0 Å². The number of hydrogen-bond acceptors (Lipinski definition) is 4. The molecule has 1 rings (SSSR count). The number of ether oxygens (including phenoxy) is 3. The van der Waals surface area contributed by atoms with E-state index in [0.717, 1.165) is 50.2 Å². The first-order valence-electron chi connectivity index (χ1n) is 9.31. The van der Waals surface area contributed by atoms with Crippen molar-refractivity contribution in [2.45, 2.75) is 65.1 Å². The van der Waals surface area contributed by atoms with E-state index in [0.29, 0.717) is 19.6 Å². The lowest BCUT2D eigenvalue weighted by Gasteiger charge is -2.19. The molecule has 24 heavy (non-hydrogen) atoms. The fourth-order valence-corrected chi connectivity index (χ4v) is 2.24. The average Bonchev–Trinajstić information content (AvgIpc) is 2.62. The van der Waals surface area contributed by atoms with Gasteiger partial charge in [-0.1, -0.05) is 45.7 Å². The molecule has 0 aliphatic carbocycles. The molecule has 0 radical (unpaired) electrons. The van der Waals surface area contributed by atoms with Gasteiger partial charge < -0.3 is 19.3 Å². The lowest BCUT2D eigenvalue weighted by Crippen LogP contribution is -2.28. The first kappa shape index (κ1) is 20.9. The summed E-state index contributed by atoms with van der Waals surface area (Å²) in [7, 11) is 0. The molecule has 4 heteroatoms. The van der Waals surface area contributed by atoms with E-state index in [1.165, 1.54) is 0 Å². The lowest BCUT2D eigenvalue weighted by atomic mass is 10.1. The van der Waals surface area contributed by atoms with Gasteiger partial charge in [-0.3, -0.25) is 0 Å². The lowest BCUT2D eigenvalue weighted by molar-refractivity contribution is -0.0384. The van der Waals surface area contributed by atoms with Crippen molar-refractivity contribution in [3.05, 3.63) is 29.8 Å². The van der Waals surface area contributed by atoms with E-state index >= 15 is 0 Å². The molecule has 0 amide bonds. The van der Waals surface area contributed by atoms with Gasteiger partial charge in [0.25, 0.3) is 0 Å². The maximum absolute atomic E-state index is 9.94. The van der Waals surface area contributed by atoms with Crippen LogP contribution in [0.1, 0.15) is 64.5 Å². The molecule has 4 nitrogen and oxygen atoms in total. The molecule has 0 bridgehead atoms. The first-order chi connectivity index (χ1) is 11.7. The molecule has 0 saturated carbocycles. The Kier molecular flexibility index (Phi) is 11.5. The zero-order valence-corrected chi connectivity index (χ0v) is 15.5. The van der Waals surface area contributed by atoms with Gasteiger partial charge in [0.2, 0.25) is 0 Å². The van der Waals surface area contributed by atoms with E-state index in [-0.39, 0.29) is 6.10 Å². The van der Waals surface area contributed by atoms with E-state index in [2.05, 4.69) is 13.8 Å². The Balaban J connectivity index is 2.49. The van der Waals surface area contributed by atoms with E-state index in [9.17, 15) is 5.11 Å². The normalized spacial score (nSPS) is 13.7. The molecule has 0 aromatic heterocycles. The van der Waals surface area contributed by atoms with E-state index in [1.807, 2.05) is 31.2 Å². The summed E-state index contributed by atoms with van der Waals surface area (Å²) in [6.45, 7) is 8.78. The van der Waals surface area contributed by atoms with Crippen LogP contribution in [0.3, 0.4) is 0 Å². The van der Waals surface area contributed by atoms with E-state index in [1.54, 1.807) is 0 Å². The van der Waals surface area contributed by atoms with Crippen LogP contribution in [-0.2, 0) is 9.47 Å². The molecule has 0 spiro atoms. The van der Waals surface area contributed by atoms with Gasteiger partial charge in [-0.15, -0.1) is 0 Å². The molecule has 2 atom stereocenters. The highest BCUT2D eigenvalue weighted by atomic mass is 16.6. The monoisotopic (exact) mass is 338 g/mol. The van der Waals surface area contributed by atoms with Crippen LogP contribution in [0.5, 0.6) is 5.75 Å². The average molecular weight is 338 g/mol. The van der Waals surface area contributed by atoms with Crippen LogP contribution in [0.25, 0.3) is 0 Å². The van der Waals surface area contributed by atoms with Crippen molar-refractivity contribution in [1.82, 2.24) is 0 Å². The van der Waals surface area contributed by atoms with Crippen LogP contribution < -0.4 is 4.74 Å². The van der Waals surface area contributed by atoms with Crippen molar-refractivity contribution in [3.8, 4) is 5.75 Å². The molecule has 0 aliphatic rings. The minimum absolute atomic E-state index is 0.0619. The van der Waals surface area contributed by atoms with Gasteiger partial charge >= 0.3 is 0 Å². The third kappa shape index (κ3) is 8.67.